The molecule has 0 aliphatic carbocycles. The van der Waals surface area contributed by atoms with Gasteiger partial charge in [0.25, 0.3) is 0 Å². The van der Waals surface area contributed by atoms with E-state index in [0.717, 1.165) is 0 Å². The number of aliphatic hydroxyl groups is 2. The molecular formula is C4H7NO2. The van der Waals surface area contributed by atoms with Gasteiger partial charge in [-0.15, -0.1) is 0 Å². The standard InChI is InChI=1S/C4H7NO2/c5-3-1-2-4(6)7/h4,6-7H,1-2H2. The number of nitrogens with zero attached hydrogens (tertiary/aromatic N) is 1. The number of hydrogen-bond donors (Lipinski definition) is 2. The summed E-state index contributed by atoms with van der Waals surface area (Å²) >= 11 is 0. The Labute approximate surface area is 41.8 Å². The third-order valence-electron chi connectivity index (χ3n) is 0.514. The molecule has 2 N–H and O–H groups in total. The molecule has 0 bridgehead atoms. The Balaban J connectivity index is 2.86. The van der Waals surface area contributed by atoms with Gasteiger partial charge in [0.05, 0.1) is 6.07 Å². The van der Waals surface area contributed by atoms with E-state index in [2.05, 4.69) is 0 Å². The van der Waals surface area contributed by atoms with Crippen LogP contribution in [-0.4, -0.2) is 16.5 Å². The molecule has 0 saturated heterocycles. The van der Waals surface area contributed by atoms with Crippen molar-refractivity contribution in [3.05, 3.63) is 0 Å². The van der Waals surface area contributed by atoms with E-state index in [-0.39, 0.29) is 12.8 Å². The van der Waals surface area contributed by atoms with Crippen LogP contribution in [0.15, 0.2) is 0 Å². The topological polar surface area (TPSA) is 64.2 Å². The van der Waals surface area contributed by atoms with Crippen molar-refractivity contribution in [3.63, 3.8) is 0 Å². The van der Waals surface area contributed by atoms with Crippen molar-refractivity contribution in [2.24, 2.45) is 0 Å². The monoisotopic (exact) mass is 101 g/mol. The van der Waals surface area contributed by atoms with Crippen LogP contribution < -0.4 is 0 Å². The smallest absolute Gasteiger partial charge is 0.152 e. The first-order valence-electron chi connectivity index (χ1n) is 2.00. The van der Waals surface area contributed by atoms with Crippen LogP contribution in [0.2, 0.25) is 0 Å². The summed E-state index contributed by atoms with van der Waals surface area (Å²) in [5, 5.41) is 24.0. The number of rotatable bonds is 2. The quantitative estimate of drug-likeness (QED) is 0.465. The van der Waals surface area contributed by atoms with Crippen LogP contribution in [0.4, 0.5) is 0 Å². The summed E-state index contributed by atoms with van der Waals surface area (Å²) in [6.07, 6.45) is -0.964. The average molecular weight is 101 g/mol. The maximum absolute atomic E-state index is 8.09. The minimum atomic E-state index is -1.32. The van der Waals surface area contributed by atoms with Crippen molar-refractivity contribution in [2.45, 2.75) is 19.1 Å². The summed E-state index contributed by atoms with van der Waals surface area (Å²) < 4.78 is 0. The first-order chi connectivity index (χ1) is 3.27. The fraction of sp³-hybridized carbons (Fsp3) is 0.750. The van der Waals surface area contributed by atoms with Crippen LogP contribution in [0.25, 0.3) is 0 Å². The van der Waals surface area contributed by atoms with Crippen molar-refractivity contribution in [3.8, 4) is 6.07 Å². The fourth-order valence-electron chi connectivity index (χ4n) is 0.194. The lowest BCUT2D eigenvalue weighted by Gasteiger charge is -1.93. The van der Waals surface area contributed by atoms with Gasteiger partial charge in [-0.1, -0.05) is 0 Å². The van der Waals surface area contributed by atoms with Crippen LogP contribution in [0.3, 0.4) is 0 Å². The fourth-order valence-corrected chi connectivity index (χ4v) is 0.194. The molecule has 3 heteroatoms. The molecule has 0 atom stereocenters. The highest BCUT2D eigenvalue weighted by atomic mass is 16.5. The van der Waals surface area contributed by atoms with Gasteiger partial charge in [0.15, 0.2) is 6.29 Å². The van der Waals surface area contributed by atoms with Gasteiger partial charge in [-0.25, -0.2) is 0 Å². The third-order valence-corrected chi connectivity index (χ3v) is 0.514. The Morgan fingerprint density at radius 1 is 1.57 bits per heavy atom. The lowest BCUT2D eigenvalue weighted by atomic mass is 10.3. The molecule has 40 valence electrons. The van der Waals surface area contributed by atoms with Crippen molar-refractivity contribution in [1.29, 1.82) is 5.26 Å². The van der Waals surface area contributed by atoms with Crippen LogP contribution in [0.5, 0.6) is 0 Å². The second kappa shape index (κ2) is 3.59. The van der Waals surface area contributed by atoms with Crippen molar-refractivity contribution < 1.29 is 10.2 Å². The molecule has 0 spiro atoms. The molecule has 0 aromatic heterocycles. The molecule has 0 aliphatic heterocycles. The molecule has 0 radical (unpaired) electrons. The lowest BCUT2D eigenvalue weighted by Crippen LogP contribution is -2.01. The molecule has 0 saturated carbocycles. The molecule has 0 aromatic carbocycles. The van der Waals surface area contributed by atoms with Crippen molar-refractivity contribution >= 4 is 0 Å². The van der Waals surface area contributed by atoms with Gasteiger partial charge < -0.3 is 10.2 Å². The zero-order valence-electron chi connectivity index (χ0n) is 3.83. The second-order valence-corrected chi connectivity index (χ2v) is 1.18. The molecule has 0 heterocycles. The van der Waals surface area contributed by atoms with Gasteiger partial charge in [0.2, 0.25) is 0 Å². The summed E-state index contributed by atoms with van der Waals surface area (Å²) in [6, 6.07) is 1.78. The van der Waals surface area contributed by atoms with Crippen molar-refractivity contribution in [2.75, 3.05) is 0 Å². The molecule has 3 nitrogen and oxygen atoms in total. The Kier molecular flexibility index (Phi) is 3.29. The minimum absolute atomic E-state index is 0.149. The minimum Gasteiger partial charge on any atom is -0.368 e. The Morgan fingerprint density at radius 3 is 2.29 bits per heavy atom. The number of hydrogen-bond acceptors (Lipinski definition) is 3. The van der Waals surface area contributed by atoms with E-state index in [1.54, 1.807) is 6.07 Å². The molecule has 0 fully saturated rings. The third kappa shape index (κ3) is 5.41. The predicted octanol–water partition coefficient (Wildman–Crippen LogP) is -0.399. The Morgan fingerprint density at radius 2 is 2.14 bits per heavy atom. The molecule has 7 heavy (non-hydrogen) atoms. The van der Waals surface area contributed by atoms with Gasteiger partial charge in [-0.05, 0) is 0 Å². The molecule has 0 aromatic rings. The summed E-state index contributed by atoms with van der Waals surface area (Å²) in [6.45, 7) is 0. The maximum atomic E-state index is 8.09. The van der Waals surface area contributed by atoms with Crippen LogP contribution in [-0.2, 0) is 0 Å². The van der Waals surface area contributed by atoms with Gasteiger partial charge >= 0.3 is 0 Å². The van der Waals surface area contributed by atoms with E-state index in [1.165, 1.54) is 0 Å². The molecule has 0 unspecified atom stereocenters. The van der Waals surface area contributed by atoms with E-state index < -0.39 is 6.29 Å². The summed E-state index contributed by atoms with van der Waals surface area (Å²) in [7, 11) is 0. The summed E-state index contributed by atoms with van der Waals surface area (Å²) in [5.41, 5.74) is 0. The Hall–Kier alpha value is -0.590. The number of nitriles is 1. The van der Waals surface area contributed by atoms with Gasteiger partial charge in [0.1, 0.15) is 0 Å². The van der Waals surface area contributed by atoms with Crippen molar-refractivity contribution in [1.82, 2.24) is 0 Å². The summed E-state index contributed by atoms with van der Waals surface area (Å²) in [4.78, 5) is 0. The van der Waals surface area contributed by atoms with Gasteiger partial charge in [-0.2, -0.15) is 5.26 Å². The van der Waals surface area contributed by atoms with Crippen LogP contribution in [0.1, 0.15) is 12.8 Å². The Bertz CT molecular complexity index is 74.2. The predicted molar refractivity (Wildman–Crippen MR) is 23.1 cm³/mol. The zero-order valence-corrected chi connectivity index (χ0v) is 3.83. The maximum Gasteiger partial charge on any atom is 0.152 e. The van der Waals surface area contributed by atoms with Crippen LogP contribution >= 0.6 is 0 Å². The molecule has 0 aliphatic rings. The normalized spacial score (nSPS) is 8.86. The molecule has 0 amide bonds. The van der Waals surface area contributed by atoms with Crippen LogP contribution in [0, 0.1) is 11.3 Å². The largest absolute Gasteiger partial charge is 0.368 e. The molecular weight excluding hydrogens is 94.0 g/mol. The average Bonchev–Trinajstić information content (AvgIpc) is 1.61. The highest BCUT2D eigenvalue weighted by molar-refractivity contribution is 4.67. The highest BCUT2D eigenvalue weighted by Crippen LogP contribution is 1.88. The SMILES string of the molecule is N#CCCC(O)O. The first-order valence-corrected chi connectivity index (χ1v) is 2.00. The summed E-state index contributed by atoms with van der Waals surface area (Å²) in [5.74, 6) is 0. The number of aliphatic hydroxyl groups excluding tert-OH is 1. The van der Waals surface area contributed by atoms with E-state index in [9.17, 15) is 0 Å². The lowest BCUT2D eigenvalue weighted by molar-refractivity contribution is -0.0439. The van der Waals surface area contributed by atoms with E-state index in [4.69, 9.17) is 15.5 Å². The van der Waals surface area contributed by atoms with E-state index in [1.807, 2.05) is 0 Å². The highest BCUT2D eigenvalue weighted by Gasteiger charge is 1.92. The van der Waals surface area contributed by atoms with E-state index in [0.29, 0.717) is 0 Å². The second-order valence-electron chi connectivity index (χ2n) is 1.18. The van der Waals surface area contributed by atoms with Gasteiger partial charge in [-0.3, -0.25) is 0 Å². The van der Waals surface area contributed by atoms with Gasteiger partial charge in [0, 0.05) is 12.8 Å². The van der Waals surface area contributed by atoms with E-state index >= 15 is 0 Å². The first kappa shape index (κ1) is 6.41. The zero-order chi connectivity index (χ0) is 5.70. The molecule has 0 rings (SSSR count).